The van der Waals surface area contributed by atoms with Gasteiger partial charge in [-0.15, -0.1) is 0 Å². The summed E-state index contributed by atoms with van der Waals surface area (Å²) in [5.41, 5.74) is -0.582. The maximum Gasteiger partial charge on any atom is 0.259 e. The fourth-order valence-electron chi connectivity index (χ4n) is 1.30. The van der Waals surface area contributed by atoms with E-state index in [4.69, 9.17) is 0 Å². The lowest BCUT2D eigenvalue weighted by molar-refractivity contribution is 0.112. The van der Waals surface area contributed by atoms with E-state index in [1.807, 2.05) is 0 Å². The molecule has 3 nitrogen and oxygen atoms in total. The van der Waals surface area contributed by atoms with Crippen molar-refractivity contribution in [3.63, 3.8) is 0 Å². The summed E-state index contributed by atoms with van der Waals surface area (Å²) in [5.74, 6) is -2.07. The van der Waals surface area contributed by atoms with Crippen LogP contribution in [-0.2, 0) is 0 Å². The molecule has 1 aromatic heterocycles. The third kappa shape index (κ3) is 1.52. The number of benzene rings is 1. The zero-order valence-corrected chi connectivity index (χ0v) is 7.38. The van der Waals surface area contributed by atoms with Crippen molar-refractivity contribution < 1.29 is 13.6 Å². The third-order valence-electron chi connectivity index (χ3n) is 2.04. The smallest absolute Gasteiger partial charge is 0.259 e. The number of aromatic amines is 1. The van der Waals surface area contributed by atoms with Gasteiger partial charge in [0.25, 0.3) is 5.56 Å². The molecule has 0 saturated heterocycles. The summed E-state index contributed by atoms with van der Waals surface area (Å²) in [6.45, 7) is 0. The number of carbonyl (C=O) groups is 1. The molecule has 76 valence electrons. The van der Waals surface area contributed by atoms with Crippen molar-refractivity contribution in [1.82, 2.24) is 4.98 Å². The Balaban J connectivity index is 2.88. The van der Waals surface area contributed by atoms with E-state index in [1.165, 1.54) is 6.07 Å². The molecule has 0 aliphatic carbocycles. The minimum Gasteiger partial charge on any atom is -0.321 e. The van der Waals surface area contributed by atoms with Gasteiger partial charge >= 0.3 is 0 Å². The first kappa shape index (κ1) is 9.51. The fraction of sp³-hybridized carbons (Fsp3) is 0. The number of rotatable bonds is 1. The summed E-state index contributed by atoms with van der Waals surface area (Å²) < 4.78 is 25.6. The van der Waals surface area contributed by atoms with E-state index in [1.54, 1.807) is 0 Å². The van der Waals surface area contributed by atoms with Gasteiger partial charge in [0.05, 0.1) is 11.1 Å². The van der Waals surface area contributed by atoms with Crippen molar-refractivity contribution in [3.05, 3.63) is 45.8 Å². The van der Waals surface area contributed by atoms with E-state index in [-0.39, 0.29) is 16.5 Å². The Labute approximate surface area is 82.4 Å². The SMILES string of the molecule is O=Cc1cc2cc(F)c(F)cc2[nH]c1=O. The Morgan fingerprint density at radius 1 is 1.13 bits per heavy atom. The lowest BCUT2D eigenvalue weighted by atomic mass is 10.1. The van der Waals surface area contributed by atoms with Crippen molar-refractivity contribution in [1.29, 1.82) is 0 Å². The number of carbonyl (C=O) groups excluding carboxylic acids is 1. The van der Waals surface area contributed by atoms with Crippen LogP contribution in [0, 0.1) is 11.6 Å². The largest absolute Gasteiger partial charge is 0.321 e. The Morgan fingerprint density at radius 2 is 1.80 bits per heavy atom. The topological polar surface area (TPSA) is 49.9 Å². The van der Waals surface area contributed by atoms with Gasteiger partial charge in [0.1, 0.15) is 0 Å². The second kappa shape index (κ2) is 3.27. The van der Waals surface area contributed by atoms with E-state index in [9.17, 15) is 18.4 Å². The van der Waals surface area contributed by atoms with Gasteiger partial charge < -0.3 is 4.98 Å². The van der Waals surface area contributed by atoms with Crippen LogP contribution in [0.25, 0.3) is 10.9 Å². The monoisotopic (exact) mass is 209 g/mol. The molecule has 2 rings (SSSR count). The molecule has 1 heterocycles. The highest BCUT2D eigenvalue weighted by Crippen LogP contribution is 2.15. The summed E-state index contributed by atoms with van der Waals surface area (Å²) in [5, 5.41) is 0.274. The molecule has 1 N–H and O–H groups in total. The standard InChI is InChI=1S/C10H5F2NO2/c11-7-2-5-1-6(4-14)10(15)13-9(5)3-8(7)12/h1-4H,(H,13,15). The average molecular weight is 209 g/mol. The first-order valence-corrected chi connectivity index (χ1v) is 4.09. The number of nitrogens with one attached hydrogen (secondary N) is 1. The van der Waals surface area contributed by atoms with Gasteiger partial charge in [-0.05, 0) is 12.1 Å². The van der Waals surface area contributed by atoms with Crippen LogP contribution < -0.4 is 5.56 Å². The van der Waals surface area contributed by atoms with Crippen LogP contribution in [0.4, 0.5) is 8.78 Å². The Kier molecular flexibility index (Phi) is 2.07. The van der Waals surface area contributed by atoms with Gasteiger partial charge in [0.15, 0.2) is 17.9 Å². The lowest BCUT2D eigenvalue weighted by Gasteiger charge is -1.99. The van der Waals surface area contributed by atoms with Gasteiger partial charge in [-0.1, -0.05) is 0 Å². The van der Waals surface area contributed by atoms with Crippen LogP contribution in [-0.4, -0.2) is 11.3 Å². The van der Waals surface area contributed by atoms with E-state index >= 15 is 0 Å². The highest BCUT2D eigenvalue weighted by atomic mass is 19.2. The zero-order valence-electron chi connectivity index (χ0n) is 7.38. The minimum absolute atomic E-state index is 0.117. The molecule has 0 spiro atoms. The fourth-order valence-corrected chi connectivity index (χ4v) is 1.30. The second-order valence-corrected chi connectivity index (χ2v) is 3.03. The number of hydrogen-bond donors (Lipinski definition) is 1. The summed E-state index contributed by atoms with van der Waals surface area (Å²) >= 11 is 0. The van der Waals surface area contributed by atoms with Crippen molar-refractivity contribution >= 4 is 17.2 Å². The Bertz CT molecular complexity index is 604. The number of fused-ring (bicyclic) bond motifs is 1. The van der Waals surface area contributed by atoms with E-state index < -0.39 is 17.2 Å². The van der Waals surface area contributed by atoms with Crippen LogP contribution in [0.5, 0.6) is 0 Å². The average Bonchev–Trinajstić information content (AvgIpc) is 2.20. The molecule has 0 aliphatic heterocycles. The summed E-state index contributed by atoms with van der Waals surface area (Å²) in [6, 6.07) is 3.01. The molecule has 2 aromatic rings. The molecule has 0 fully saturated rings. The zero-order chi connectivity index (χ0) is 11.0. The Hall–Kier alpha value is -2.04. The molecule has 0 atom stereocenters. The predicted molar refractivity (Wildman–Crippen MR) is 49.9 cm³/mol. The van der Waals surface area contributed by atoms with Crippen LogP contribution in [0.2, 0.25) is 0 Å². The van der Waals surface area contributed by atoms with Gasteiger partial charge in [0, 0.05) is 11.5 Å². The second-order valence-electron chi connectivity index (χ2n) is 3.03. The first-order valence-electron chi connectivity index (χ1n) is 4.09. The van der Waals surface area contributed by atoms with Crippen molar-refractivity contribution in [2.45, 2.75) is 0 Å². The van der Waals surface area contributed by atoms with E-state index in [2.05, 4.69) is 4.98 Å². The minimum atomic E-state index is -1.04. The van der Waals surface area contributed by atoms with Crippen LogP contribution >= 0.6 is 0 Å². The molecule has 0 aliphatic rings. The number of aldehydes is 1. The van der Waals surface area contributed by atoms with Gasteiger partial charge in [-0.2, -0.15) is 0 Å². The molecule has 0 radical (unpaired) electrons. The predicted octanol–water partition coefficient (Wildman–Crippen LogP) is 1.62. The molecule has 5 heteroatoms. The molecule has 15 heavy (non-hydrogen) atoms. The summed E-state index contributed by atoms with van der Waals surface area (Å²) in [7, 11) is 0. The molecular formula is C10H5F2NO2. The molecule has 0 unspecified atom stereocenters. The van der Waals surface area contributed by atoms with Crippen LogP contribution in [0.1, 0.15) is 10.4 Å². The van der Waals surface area contributed by atoms with Gasteiger partial charge in [0.2, 0.25) is 0 Å². The molecular weight excluding hydrogens is 204 g/mol. The molecule has 0 amide bonds. The van der Waals surface area contributed by atoms with Crippen LogP contribution in [0.3, 0.4) is 0 Å². The van der Waals surface area contributed by atoms with Crippen molar-refractivity contribution in [3.8, 4) is 0 Å². The maximum absolute atomic E-state index is 12.8. The number of hydrogen-bond acceptors (Lipinski definition) is 2. The number of pyridine rings is 1. The highest BCUT2D eigenvalue weighted by Gasteiger charge is 2.06. The quantitative estimate of drug-likeness (QED) is 0.725. The van der Waals surface area contributed by atoms with Gasteiger partial charge in [-0.25, -0.2) is 8.78 Å². The first-order chi connectivity index (χ1) is 7.11. The Morgan fingerprint density at radius 3 is 2.47 bits per heavy atom. The van der Waals surface area contributed by atoms with Gasteiger partial charge in [-0.3, -0.25) is 9.59 Å². The van der Waals surface area contributed by atoms with E-state index in [0.717, 1.165) is 12.1 Å². The molecule has 1 aromatic carbocycles. The molecule has 0 bridgehead atoms. The summed E-state index contributed by atoms with van der Waals surface area (Å²) in [4.78, 5) is 23.9. The normalized spacial score (nSPS) is 10.5. The van der Waals surface area contributed by atoms with Crippen molar-refractivity contribution in [2.75, 3.05) is 0 Å². The highest BCUT2D eigenvalue weighted by molar-refractivity contribution is 5.85. The van der Waals surface area contributed by atoms with Crippen molar-refractivity contribution in [2.24, 2.45) is 0 Å². The number of aromatic nitrogens is 1. The van der Waals surface area contributed by atoms with Crippen LogP contribution in [0.15, 0.2) is 23.0 Å². The van der Waals surface area contributed by atoms with E-state index in [0.29, 0.717) is 6.29 Å². The molecule has 0 saturated carbocycles. The maximum atomic E-state index is 12.8. The lowest BCUT2D eigenvalue weighted by Crippen LogP contribution is -2.11. The number of halogens is 2. The number of H-pyrrole nitrogens is 1. The summed E-state index contributed by atoms with van der Waals surface area (Å²) in [6.07, 6.45) is 0.361. The third-order valence-corrected chi connectivity index (χ3v) is 2.04.